The Bertz CT molecular complexity index is 3310. The van der Waals surface area contributed by atoms with Crippen LogP contribution in [0.15, 0.2) is 253 Å². The maximum atomic E-state index is 6.70. The number of fused-ring (bicyclic) bond motifs is 3. The lowest BCUT2D eigenvalue weighted by Crippen LogP contribution is -2.13. The van der Waals surface area contributed by atoms with Crippen LogP contribution in [0.25, 0.3) is 88.7 Å². The molecule has 0 aliphatic carbocycles. The van der Waals surface area contributed by atoms with Gasteiger partial charge in [-0.2, -0.15) is 0 Å². The summed E-state index contributed by atoms with van der Waals surface area (Å²) in [5.41, 5.74) is 18.7. The smallest absolute Gasteiger partial charge is 0.143 e. The van der Waals surface area contributed by atoms with E-state index in [0.29, 0.717) is 0 Å². The van der Waals surface area contributed by atoms with Gasteiger partial charge >= 0.3 is 0 Å². The van der Waals surface area contributed by atoms with Crippen molar-refractivity contribution in [1.82, 2.24) is 0 Å². The Morgan fingerprint density at radius 1 is 0.258 bits per heavy atom. The van der Waals surface area contributed by atoms with Gasteiger partial charge in [-0.3, -0.25) is 0 Å². The third-order valence-electron chi connectivity index (χ3n) is 11.9. The third kappa shape index (κ3) is 6.74. The molecular formula is C60H41NO. The molecule has 1 aromatic heterocycles. The fourth-order valence-electron chi connectivity index (χ4n) is 8.99. The van der Waals surface area contributed by atoms with Crippen LogP contribution in [0.3, 0.4) is 0 Å². The zero-order chi connectivity index (χ0) is 41.2. The number of para-hydroxylation sites is 3. The summed E-state index contributed by atoms with van der Waals surface area (Å²) in [5, 5.41) is 2.21. The van der Waals surface area contributed by atoms with E-state index in [9.17, 15) is 0 Å². The molecule has 1 heterocycles. The highest BCUT2D eigenvalue weighted by molar-refractivity contribution is 6.11. The SMILES string of the molecule is c1ccc(-c2ccc(-c3ccc(N(c4ccccc4-c4cccc5c4oc4ccccc45)c4cccc(-c5ccccc5)c4-c4ccccc4-c4ccccc4)cc3)cc2)cc1. The van der Waals surface area contributed by atoms with Crippen LogP contribution in [0.2, 0.25) is 0 Å². The number of benzene rings is 10. The lowest BCUT2D eigenvalue weighted by atomic mass is 9.87. The molecule has 292 valence electrons. The number of nitrogens with zero attached hydrogens (tertiary/aromatic N) is 1. The second-order valence-corrected chi connectivity index (χ2v) is 15.6. The minimum atomic E-state index is 0.878. The Morgan fingerprint density at radius 2 is 0.694 bits per heavy atom. The van der Waals surface area contributed by atoms with Crippen molar-refractivity contribution in [2.24, 2.45) is 0 Å². The number of hydrogen-bond acceptors (Lipinski definition) is 2. The van der Waals surface area contributed by atoms with Gasteiger partial charge in [0.1, 0.15) is 11.2 Å². The largest absolute Gasteiger partial charge is 0.455 e. The minimum absolute atomic E-state index is 0.878. The summed E-state index contributed by atoms with van der Waals surface area (Å²) in [6.07, 6.45) is 0. The fraction of sp³-hybridized carbons (Fsp3) is 0. The molecule has 0 N–H and O–H groups in total. The van der Waals surface area contributed by atoms with E-state index in [-0.39, 0.29) is 0 Å². The van der Waals surface area contributed by atoms with Crippen molar-refractivity contribution in [2.45, 2.75) is 0 Å². The lowest BCUT2D eigenvalue weighted by Gasteiger charge is -2.31. The van der Waals surface area contributed by atoms with E-state index >= 15 is 0 Å². The molecule has 0 fully saturated rings. The van der Waals surface area contributed by atoms with Crippen molar-refractivity contribution in [3.05, 3.63) is 249 Å². The molecule has 0 unspecified atom stereocenters. The molecule has 0 aliphatic rings. The van der Waals surface area contributed by atoms with Gasteiger partial charge in [0.25, 0.3) is 0 Å². The van der Waals surface area contributed by atoms with Crippen molar-refractivity contribution < 1.29 is 4.42 Å². The molecule has 11 rings (SSSR count). The fourth-order valence-corrected chi connectivity index (χ4v) is 8.99. The zero-order valence-corrected chi connectivity index (χ0v) is 34.0. The molecule has 11 aromatic rings. The molecule has 62 heavy (non-hydrogen) atoms. The molecule has 0 spiro atoms. The molecule has 0 atom stereocenters. The Hall–Kier alpha value is -8.20. The summed E-state index contributed by atoms with van der Waals surface area (Å²) in [4.78, 5) is 2.45. The van der Waals surface area contributed by atoms with Crippen LogP contribution in [-0.2, 0) is 0 Å². The Morgan fingerprint density at radius 3 is 1.37 bits per heavy atom. The van der Waals surface area contributed by atoms with Gasteiger partial charge in [-0.1, -0.05) is 218 Å². The third-order valence-corrected chi connectivity index (χ3v) is 11.9. The minimum Gasteiger partial charge on any atom is -0.455 e. The predicted molar refractivity (Wildman–Crippen MR) is 261 cm³/mol. The van der Waals surface area contributed by atoms with Crippen molar-refractivity contribution in [1.29, 1.82) is 0 Å². The average molecular weight is 792 g/mol. The van der Waals surface area contributed by atoms with Crippen molar-refractivity contribution in [3.63, 3.8) is 0 Å². The molecule has 0 saturated heterocycles. The van der Waals surface area contributed by atoms with E-state index in [2.05, 4.69) is 248 Å². The lowest BCUT2D eigenvalue weighted by molar-refractivity contribution is 0.670. The highest BCUT2D eigenvalue weighted by Gasteiger charge is 2.25. The first-order valence-corrected chi connectivity index (χ1v) is 21.2. The maximum absolute atomic E-state index is 6.70. The van der Waals surface area contributed by atoms with Crippen LogP contribution < -0.4 is 4.90 Å². The van der Waals surface area contributed by atoms with E-state index in [1.807, 2.05) is 6.07 Å². The van der Waals surface area contributed by atoms with Gasteiger partial charge in [-0.25, -0.2) is 0 Å². The summed E-state index contributed by atoms with van der Waals surface area (Å²) in [6, 6.07) is 89.1. The van der Waals surface area contributed by atoms with E-state index in [0.717, 1.165) is 77.9 Å². The van der Waals surface area contributed by atoms with Gasteiger partial charge in [0, 0.05) is 33.2 Å². The van der Waals surface area contributed by atoms with Crippen molar-refractivity contribution in [2.75, 3.05) is 4.90 Å². The van der Waals surface area contributed by atoms with Crippen molar-refractivity contribution in [3.8, 4) is 66.8 Å². The molecule has 10 aromatic carbocycles. The van der Waals surface area contributed by atoms with Gasteiger partial charge in [0.2, 0.25) is 0 Å². The summed E-state index contributed by atoms with van der Waals surface area (Å²) < 4.78 is 6.70. The molecule has 0 radical (unpaired) electrons. The second kappa shape index (κ2) is 16.1. The summed E-state index contributed by atoms with van der Waals surface area (Å²) in [6.45, 7) is 0. The normalized spacial score (nSPS) is 11.2. The van der Waals surface area contributed by atoms with Gasteiger partial charge < -0.3 is 9.32 Å². The van der Waals surface area contributed by atoms with Gasteiger partial charge in [0.15, 0.2) is 0 Å². The topological polar surface area (TPSA) is 16.4 Å². The van der Waals surface area contributed by atoms with Gasteiger partial charge in [0.05, 0.1) is 11.4 Å². The first-order chi connectivity index (χ1) is 30.8. The maximum Gasteiger partial charge on any atom is 0.143 e. The Labute approximate surface area is 362 Å². The number of furan rings is 1. The van der Waals surface area contributed by atoms with Gasteiger partial charge in [-0.15, -0.1) is 0 Å². The Kier molecular flexibility index (Phi) is 9.57. The van der Waals surface area contributed by atoms with Gasteiger partial charge in [-0.05, 0) is 80.4 Å². The van der Waals surface area contributed by atoms with Crippen LogP contribution in [0.5, 0.6) is 0 Å². The molecular weight excluding hydrogens is 751 g/mol. The summed E-state index contributed by atoms with van der Waals surface area (Å²) in [5.74, 6) is 0. The predicted octanol–water partition coefficient (Wildman–Crippen LogP) is 17.1. The quantitative estimate of drug-likeness (QED) is 0.145. The van der Waals surface area contributed by atoms with Crippen LogP contribution in [0.1, 0.15) is 0 Å². The number of anilines is 3. The average Bonchev–Trinajstić information content (AvgIpc) is 3.75. The first kappa shape index (κ1) is 36.8. The van der Waals surface area contributed by atoms with Crippen LogP contribution in [0, 0.1) is 0 Å². The summed E-state index contributed by atoms with van der Waals surface area (Å²) >= 11 is 0. The van der Waals surface area contributed by atoms with Crippen LogP contribution in [-0.4, -0.2) is 0 Å². The highest BCUT2D eigenvalue weighted by atomic mass is 16.3. The summed E-state index contributed by atoms with van der Waals surface area (Å²) in [7, 11) is 0. The number of rotatable bonds is 9. The molecule has 0 saturated carbocycles. The molecule has 2 nitrogen and oxygen atoms in total. The molecule has 0 amide bonds. The monoisotopic (exact) mass is 791 g/mol. The molecule has 0 aliphatic heterocycles. The van der Waals surface area contributed by atoms with E-state index in [1.165, 1.54) is 27.8 Å². The van der Waals surface area contributed by atoms with Crippen LogP contribution >= 0.6 is 0 Å². The standard InChI is InChI=1S/C60H41NO/c1-4-18-42(19-5-1)43-34-36-44(37-35-43)45-38-40-48(41-39-45)61(56-31-14-12-25-51(56)54-29-16-30-55-52-26-13-15-33-58(52)62-60(54)55)57-32-17-28-50(47-22-8-3-9-23-47)59(57)53-27-11-10-24-49(53)46-20-6-2-7-21-46/h1-41H. The zero-order valence-electron chi connectivity index (χ0n) is 34.0. The molecule has 2 heteroatoms. The first-order valence-electron chi connectivity index (χ1n) is 21.2. The van der Waals surface area contributed by atoms with E-state index in [4.69, 9.17) is 4.42 Å². The van der Waals surface area contributed by atoms with Crippen molar-refractivity contribution >= 4 is 39.0 Å². The second-order valence-electron chi connectivity index (χ2n) is 15.6. The van der Waals surface area contributed by atoms with E-state index < -0.39 is 0 Å². The molecule has 0 bridgehead atoms. The highest BCUT2D eigenvalue weighted by Crippen LogP contribution is 2.50. The van der Waals surface area contributed by atoms with E-state index in [1.54, 1.807) is 0 Å². The number of hydrogen-bond donors (Lipinski definition) is 0. The van der Waals surface area contributed by atoms with Crippen LogP contribution in [0.4, 0.5) is 17.1 Å². The Balaban J connectivity index is 1.15.